The van der Waals surface area contributed by atoms with Crippen molar-refractivity contribution in [2.45, 2.75) is 168 Å². The van der Waals surface area contributed by atoms with Gasteiger partial charge in [0, 0.05) is 0 Å². The first-order valence-electron chi connectivity index (χ1n) is 14.4. The molecule has 0 aromatic carbocycles. The van der Waals surface area contributed by atoms with Crippen LogP contribution in [0.4, 0.5) is 0 Å². The van der Waals surface area contributed by atoms with Gasteiger partial charge in [-0.2, -0.15) is 0 Å². The fourth-order valence-electron chi connectivity index (χ4n) is 4.94. The second-order valence-electron chi connectivity index (χ2n) is 10.1. The quantitative estimate of drug-likeness (QED) is 0.102. The largest absolute Gasteiger partial charge is 0.103 e. The van der Waals surface area contributed by atoms with Gasteiger partial charge in [-0.1, -0.05) is 162 Å². The molecular weight excluding hydrogens is 360 g/mol. The van der Waals surface area contributed by atoms with Gasteiger partial charge in [-0.05, 0) is 24.7 Å². The van der Waals surface area contributed by atoms with Crippen LogP contribution in [0.5, 0.6) is 0 Å². The SMILES string of the molecule is C=CCCC(CC)CCCCCCCCCCCCCCCCC(CC)CCCC. The van der Waals surface area contributed by atoms with Crippen molar-refractivity contribution in [1.82, 2.24) is 0 Å². The lowest BCUT2D eigenvalue weighted by molar-refractivity contribution is 0.399. The number of rotatable bonds is 25. The van der Waals surface area contributed by atoms with Gasteiger partial charge in [-0.3, -0.25) is 0 Å². The van der Waals surface area contributed by atoms with E-state index in [4.69, 9.17) is 0 Å². The van der Waals surface area contributed by atoms with Crippen molar-refractivity contribution < 1.29 is 0 Å². The Labute approximate surface area is 193 Å². The van der Waals surface area contributed by atoms with Gasteiger partial charge in [0.2, 0.25) is 0 Å². The van der Waals surface area contributed by atoms with Gasteiger partial charge >= 0.3 is 0 Å². The molecule has 0 aliphatic carbocycles. The smallest absolute Gasteiger partial charge is 0.0351 e. The van der Waals surface area contributed by atoms with Gasteiger partial charge in [0.05, 0.1) is 0 Å². The van der Waals surface area contributed by atoms with E-state index in [2.05, 4.69) is 33.4 Å². The minimum Gasteiger partial charge on any atom is -0.103 e. The summed E-state index contributed by atoms with van der Waals surface area (Å²) in [4.78, 5) is 0. The van der Waals surface area contributed by atoms with Crippen molar-refractivity contribution in [3.05, 3.63) is 12.7 Å². The molecule has 0 nitrogen and oxygen atoms in total. The Balaban J connectivity index is 3.23. The predicted molar refractivity (Wildman–Crippen MR) is 140 cm³/mol. The Morgan fingerprint density at radius 3 is 1.13 bits per heavy atom. The summed E-state index contributed by atoms with van der Waals surface area (Å²) in [6.45, 7) is 10.9. The standard InChI is InChI=1S/C30H60/c1-5-9-25-29(7-3)27-23-21-19-17-15-13-11-12-14-16-18-20-22-24-28-30(8-4)26-10-6-2/h5,29-30H,1,6-28H2,2-4H3. The lowest BCUT2D eigenvalue weighted by atomic mass is 9.93. The topological polar surface area (TPSA) is 0 Å². The highest BCUT2D eigenvalue weighted by Gasteiger charge is 2.05. The first-order chi connectivity index (χ1) is 14.8. The van der Waals surface area contributed by atoms with E-state index in [1.165, 1.54) is 148 Å². The van der Waals surface area contributed by atoms with Crippen molar-refractivity contribution in [3.8, 4) is 0 Å². The maximum absolute atomic E-state index is 3.86. The highest BCUT2D eigenvalue weighted by atomic mass is 14.1. The fraction of sp³-hybridized carbons (Fsp3) is 0.933. The van der Waals surface area contributed by atoms with E-state index in [1.807, 2.05) is 0 Å². The Bertz CT molecular complexity index is 318. The van der Waals surface area contributed by atoms with Crippen molar-refractivity contribution in [2.24, 2.45) is 11.8 Å². The Morgan fingerprint density at radius 2 is 0.800 bits per heavy atom. The molecule has 30 heavy (non-hydrogen) atoms. The van der Waals surface area contributed by atoms with Crippen LogP contribution in [-0.4, -0.2) is 0 Å². The summed E-state index contributed by atoms with van der Waals surface area (Å²) < 4.78 is 0. The predicted octanol–water partition coefficient (Wildman–Crippen LogP) is 11.4. The molecule has 0 rings (SSSR count). The third-order valence-corrected chi connectivity index (χ3v) is 7.37. The van der Waals surface area contributed by atoms with E-state index >= 15 is 0 Å². The van der Waals surface area contributed by atoms with Gasteiger partial charge in [-0.15, -0.1) is 6.58 Å². The summed E-state index contributed by atoms with van der Waals surface area (Å²) in [5.74, 6) is 1.96. The molecule has 2 atom stereocenters. The Hall–Kier alpha value is -0.260. The van der Waals surface area contributed by atoms with Crippen molar-refractivity contribution in [1.29, 1.82) is 0 Å². The zero-order valence-electron chi connectivity index (χ0n) is 21.7. The van der Waals surface area contributed by atoms with Crippen LogP contribution in [0.2, 0.25) is 0 Å². The molecule has 2 unspecified atom stereocenters. The molecule has 0 amide bonds. The lowest BCUT2D eigenvalue weighted by Gasteiger charge is -2.13. The van der Waals surface area contributed by atoms with Gasteiger partial charge in [0.25, 0.3) is 0 Å². The molecule has 0 saturated carbocycles. The van der Waals surface area contributed by atoms with E-state index in [9.17, 15) is 0 Å². The molecule has 0 radical (unpaired) electrons. The third-order valence-electron chi connectivity index (χ3n) is 7.37. The van der Waals surface area contributed by atoms with Crippen LogP contribution in [0.15, 0.2) is 12.7 Å². The Morgan fingerprint density at radius 1 is 0.467 bits per heavy atom. The van der Waals surface area contributed by atoms with E-state index in [-0.39, 0.29) is 0 Å². The van der Waals surface area contributed by atoms with Crippen molar-refractivity contribution >= 4 is 0 Å². The average molecular weight is 421 g/mol. The number of hydrogen-bond donors (Lipinski definition) is 0. The normalized spacial score (nSPS) is 13.4. The molecule has 0 heteroatoms. The number of hydrogen-bond acceptors (Lipinski definition) is 0. The molecule has 180 valence electrons. The monoisotopic (exact) mass is 420 g/mol. The maximum atomic E-state index is 3.86. The van der Waals surface area contributed by atoms with E-state index in [1.54, 1.807) is 0 Å². The van der Waals surface area contributed by atoms with Gasteiger partial charge in [-0.25, -0.2) is 0 Å². The van der Waals surface area contributed by atoms with Crippen LogP contribution < -0.4 is 0 Å². The second kappa shape index (κ2) is 25.0. The van der Waals surface area contributed by atoms with Gasteiger partial charge in [0.15, 0.2) is 0 Å². The fourth-order valence-corrected chi connectivity index (χ4v) is 4.94. The van der Waals surface area contributed by atoms with Crippen LogP contribution in [0.3, 0.4) is 0 Å². The minimum absolute atomic E-state index is 0.946. The van der Waals surface area contributed by atoms with Crippen LogP contribution in [-0.2, 0) is 0 Å². The zero-order chi connectivity index (χ0) is 22.1. The molecule has 0 heterocycles. The zero-order valence-corrected chi connectivity index (χ0v) is 21.7. The molecule has 0 saturated heterocycles. The molecule has 0 fully saturated rings. The van der Waals surface area contributed by atoms with E-state index in [0.29, 0.717) is 0 Å². The summed E-state index contributed by atoms with van der Waals surface area (Å²) in [6, 6.07) is 0. The van der Waals surface area contributed by atoms with Gasteiger partial charge < -0.3 is 0 Å². The second-order valence-corrected chi connectivity index (χ2v) is 10.1. The summed E-state index contributed by atoms with van der Waals surface area (Å²) >= 11 is 0. The highest BCUT2D eigenvalue weighted by molar-refractivity contribution is 4.69. The summed E-state index contributed by atoms with van der Waals surface area (Å²) in [5, 5.41) is 0. The van der Waals surface area contributed by atoms with Crippen molar-refractivity contribution in [3.63, 3.8) is 0 Å². The van der Waals surface area contributed by atoms with Crippen LogP contribution in [0.1, 0.15) is 168 Å². The van der Waals surface area contributed by atoms with Crippen LogP contribution in [0, 0.1) is 11.8 Å². The first kappa shape index (κ1) is 29.7. The molecule has 0 N–H and O–H groups in total. The van der Waals surface area contributed by atoms with Crippen LogP contribution in [0.25, 0.3) is 0 Å². The summed E-state index contributed by atoms with van der Waals surface area (Å²) in [5.41, 5.74) is 0. The maximum Gasteiger partial charge on any atom is -0.0351 e. The van der Waals surface area contributed by atoms with Crippen molar-refractivity contribution in [2.75, 3.05) is 0 Å². The molecular formula is C30H60. The van der Waals surface area contributed by atoms with E-state index in [0.717, 1.165) is 11.8 Å². The van der Waals surface area contributed by atoms with Gasteiger partial charge in [0.1, 0.15) is 0 Å². The minimum atomic E-state index is 0.946. The average Bonchev–Trinajstić information content (AvgIpc) is 2.77. The Kier molecular flexibility index (Phi) is 24.8. The number of unbranched alkanes of at least 4 members (excludes halogenated alkanes) is 14. The third kappa shape index (κ3) is 21.0. The van der Waals surface area contributed by atoms with E-state index < -0.39 is 0 Å². The highest BCUT2D eigenvalue weighted by Crippen LogP contribution is 2.21. The lowest BCUT2D eigenvalue weighted by Crippen LogP contribution is -1.98. The summed E-state index contributed by atoms with van der Waals surface area (Å²) in [6.07, 6.45) is 35.3. The first-order valence-corrected chi connectivity index (χ1v) is 14.4. The molecule has 0 aromatic rings. The van der Waals surface area contributed by atoms with Crippen LogP contribution >= 0.6 is 0 Å². The molecule has 0 spiro atoms. The summed E-state index contributed by atoms with van der Waals surface area (Å²) in [7, 11) is 0. The molecule has 0 aliphatic rings. The molecule has 0 aliphatic heterocycles. The number of allylic oxidation sites excluding steroid dienone is 1. The molecule has 0 bridgehead atoms. The molecule has 0 aromatic heterocycles.